The third-order valence-electron chi connectivity index (χ3n) is 5.90. The average molecular weight is 407 g/mol. The molecule has 4 heterocycles. The SMILES string of the molecule is Cc1cnc(N2CCN(C(=O)c3ccc(C4(C)CC(=O)NC4=O)nc3)CC2)c(C)c1. The van der Waals surface area contributed by atoms with Gasteiger partial charge in [0.05, 0.1) is 16.7 Å². The second kappa shape index (κ2) is 7.51. The number of nitrogens with zero attached hydrogens (tertiary/aromatic N) is 4. The van der Waals surface area contributed by atoms with E-state index < -0.39 is 5.41 Å². The second-order valence-corrected chi connectivity index (χ2v) is 8.25. The number of carbonyl (C=O) groups is 3. The molecule has 0 radical (unpaired) electrons. The Kier molecular flexibility index (Phi) is 5.01. The molecule has 0 bridgehead atoms. The fraction of sp³-hybridized carbons (Fsp3) is 0.409. The van der Waals surface area contributed by atoms with Crippen LogP contribution >= 0.6 is 0 Å². The number of anilines is 1. The Bertz CT molecular complexity index is 1010. The zero-order valence-electron chi connectivity index (χ0n) is 17.4. The third-order valence-corrected chi connectivity index (χ3v) is 5.90. The summed E-state index contributed by atoms with van der Waals surface area (Å²) in [6, 6.07) is 5.47. The lowest BCUT2D eigenvalue weighted by molar-refractivity contribution is -0.126. The van der Waals surface area contributed by atoms with Crippen molar-refractivity contribution in [3.05, 3.63) is 53.0 Å². The largest absolute Gasteiger partial charge is 0.353 e. The monoisotopic (exact) mass is 407 g/mol. The van der Waals surface area contributed by atoms with Gasteiger partial charge in [-0.15, -0.1) is 0 Å². The van der Waals surface area contributed by atoms with Gasteiger partial charge in [-0.2, -0.15) is 0 Å². The van der Waals surface area contributed by atoms with E-state index in [1.807, 2.05) is 18.0 Å². The van der Waals surface area contributed by atoms with Gasteiger partial charge in [0, 0.05) is 45.0 Å². The standard InChI is InChI=1S/C22H25N5O3/c1-14-10-15(2)19(24-12-14)26-6-8-27(9-7-26)20(29)16-4-5-17(23-13-16)22(3)11-18(28)25-21(22)30/h4-5,10,12-13H,6-9,11H2,1-3H3,(H,25,28,30). The van der Waals surface area contributed by atoms with E-state index in [0.29, 0.717) is 37.4 Å². The third kappa shape index (κ3) is 3.53. The summed E-state index contributed by atoms with van der Waals surface area (Å²) in [7, 11) is 0. The summed E-state index contributed by atoms with van der Waals surface area (Å²) in [5.41, 5.74) is 2.26. The van der Waals surface area contributed by atoms with Crippen molar-refractivity contribution in [2.24, 2.45) is 0 Å². The topological polar surface area (TPSA) is 95.5 Å². The summed E-state index contributed by atoms with van der Waals surface area (Å²) in [4.78, 5) is 49.5. The highest BCUT2D eigenvalue weighted by molar-refractivity contribution is 6.08. The van der Waals surface area contributed by atoms with Gasteiger partial charge in [0.15, 0.2) is 0 Å². The van der Waals surface area contributed by atoms with Gasteiger partial charge in [0.2, 0.25) is 11.8 Å². The minimum absolute atomic E-state index is 0.0700. The first kappa shape index (κ1) is 20.0. The van der Waals surface area contributed by atoms with Crippen molar-refractivity contribution in [2.75, 3.05) is 31.1 Å². The van der Waals surface area contributed by atoms with Crippen LogP contribution in [0.25, 0.3) is 0 Å². The van der Waals surface area contributed by atoms with Crippen LogP contribution in [0.1, 0.15) is 40.5 Å². The molecule has 0 aliphatic carbocycles. The molecule has 1 unspecified atom stereocenters. The van der Waals surface area contributed by atoms with Crippen molar-refractivity contribution in [1.82, 2.24) is 20.2 Å². The molecule has 3 amide bonds. The van der Waals surface area contributed by atoms with E-state index in [1.54, 1.807) is 19.1 Å². The highest BCUT2D eigenvalue weighted by Gasteiger charge is 2.45. The molecule has 4 rings (SSSR count). The van der Waals surface area contributed by atoms with E-state index in [2.05, 4.69) is 33.2 Å². The van der Waals surface area contributed by atoms with E-state index >= 15 is 0 Å². The minimum Gasteiger partial charge on any atom is -0.353 e. The molecule has 156 valence electrons. The normalized spacial score (nSPS) is 21.7. The van der Waals surface area contributed by atoms with Crippen LogP contribution < -0.4 is 10.2 Å². The minimum atomic E-state index is -0.983. The number of pyridine rings is 2. The van der Waals surface area contributed by atoms with Crippen LogP contribution in [0.5, 0.6) is 0 Å². The number of nitrogens with one attached hydrogen (secondary N) is 1. The highest BCUT2D eigenvalue weighted by Crippen LogP contribution is 2.30. The summed E-state index contributed by atoms with van der Waals surface area (Å²) in [5.74, 6) is 0.228. The zero-order chi connectivity index (χ0) is 21.5. The van der Waals surface area contributed by atoms with Gasteiger partial charge in [-0.25, -0.2) is 4.98 Å². The smallest absolute Gasteiger partial charge is 0.255 e. The molecule has 0 saturated carbocycles. The summed E-state index contributed by atoms with van der Waals surface area (Å²) in [6.45, 7) is 8.41. The number of imide groups is 1. The highest BCUT2D eigenvalue weighted by atomic mass is 16.2. The van der Waals surface area contributed by atoms with Gasteiger partial charge in [0.1, 0.15) is 5.82 Å². The Balaban J connectivity index is 1.42. The Labute approximate surface area is 175 Å². The number of carbonyl (C=O) groups excluding carboxylic acids is 3. The molecular formula is C22H25N5O3. The van der Waals surface area contributed by atoms with E-state index in [1.165, 1.54) is 6.20 Å². The van der Waals surface area contributed by atoms with Gasteiger partial charge in [-0.3, -0.25) is 24.7 Å². The predicted octanol–water partition coefficient (Wildman–Crippen LogP) is 1.36. The molecule has 2 aromatic heterocycles. The molecule has 30 heavy (non-hydrogen) atoms. The van der Waals surface area contributed by atoms with Crippen LogP contribution in [-0.4, -0.2) is 58.8 Å². The van der Waals surface area contributed by atoms with Gasteiger partial charge in [-0.05, 0) is 44.0 Å². The Morgan fingerprint density at radius 3 is 2.37 bits per heavy atom. The number of aryl methyl sites for hydroxylation is 2. The second-order valence-electron chi connectivity index (χ2n) is 8.25. The summed E-state index contributed by atoms with van der Waals surface area (Å²) < 4.78 is 0. The first-order chi connectivity index (χ1) is 14.3. The number of hydrogen-bond acceptors (Lipinski definition) is 6. The maximum atomic E-state index is 12.9. The Morgan fingerprint density at radius 2 is 1.80 bits per heavy atom. The molecule has 8 heteroatoms. The quantitative estimate of drug-likeness (QED) is 0.772. The van der Waals surface area contributed by atoms with E-state index in [0.717, 1.165) is 16.9 Å². The molecule has 2 saturated heterocycles. The summed E-state index contributed by atoms with van der Waals surface area (Å²) in [5, 5.41) is 2.32. The Morgan fingerprint density at radius 1 is 1.07 bits per heavy atom. The molecule has 1 atom stereocenters. The fourth-order valence-electron chi connectivity index (χ4n) is 4.11. The maximum absolute atomic E-state index is 12.9. The molecular weight excluding hydrogens is 382 g/mol. The first-order valence-corrected chi connectivity index (χ1v) is 10.1. The van der Waals surface area contributed by atoms with Gasteiger partial charge in [-0.1, -0.05) is 6.07 Å². The van der Waals surface area contributed by atoms with Crippen molar-refractivity contribution in [3.8, 4) is 0 Å². The number of rotatable bonds is 3. The fourth-order valence-corrected chi connectivity index (χ4v) is 4.11. The van der Waals surface area contributed by atoms with Gasteiger partial charge >= 0.3 is 0 Å². The molecule has 0 spiro atoms. The molecule has 0 aromatic carbocycles. The Hall–Kier alpha value is -3.29. The number of aromatic nitrogens is 2. The van der Waals surface area contributed by atoms with Crippen molar-refractivity contribution >= 4 is 23.5 Å². The predicted molar refractivity (Wildman–Crippen MR) is 111 cm³/mol. The van der Waals surface area contributed by atoms with Crippen molar-refractivity contribution in [3.63, 3.8) is 0 Å². The lowest BCUT2D eigenvalue weighted by Gasteiger charge is -2.36. The van der Waals surface area contributed by atoms with Crippen LogP contribution in [0, 0.1) is 13.8 Å². The first-order valence-electron chi connectivity index (χ1n) is 10.1. The lowest BCUT2D eigenvalue weighted by Crippen LogP contribution is -2.49. The number of amides is 3. The van der Waals surface area contributed by atoms with Crippen LogP contribution in [-0.2, 0) is 15.0 Å². The molecule has 1 N–H and O–H groups in total. The summed E-state index contributed by atoms with van der Waals surface area (Å²) >= 11 is 0. The summed E-state index contributed by atoms with van der Waals surface area (Å²) in [6.07, 6.45) is 3.43. The zero-order valence-corrected chi connectivity index (χ0v) is 17.4. The molecule has 8 nitrogen and oxygen atoms in total. The van der Waals surface area contributed by atoms with E-state index in [4.69, 9.17) is 0 Å². The van der Waals surface area contributed by atoms with Crippen molar-refractivity contribution in [2.45, 2.75) is 32.6 Å². The van der Waals surface area contributed by atoms with E-state index in [9.17, 15) is 14.4 Å². The van der Waals surface area contributed by atoms with Crippen molar-refractivity contribution < 1.29 is 14.4 Å². The van der Waals surface area contributed by atoms with Crippen LogP contribution in [0.4, 0.5) is 5.82 Å². The van der Waals surface area contributed by atoms with Crippen LogP contribution in [0.3, 0.4) is 0 Å². The van der Waals surface area contributed by atoms with E-state index in [-0.39, 0.29) is 24.1 Å². The molecule has 2 fully saturated rings. The molecule has 2 aliphatic rings. The number of hydrogen-bond donors (Lipinski definition) is 1. The van der Waals surface area contributed by atoms with Crippen LogP contribution in [0.15, 0.2) is 30.6 Å². The number of piperazine rings is 1. The average Bonchev–Trinajstić information content (AvgIpc) is 3.00. The molecule has 2 aromatic rings. The van der Waals surface area contributed by atoms with Crippen LogP contribution in [0.2, 0.25) is 0 Å². The lowest BCUT2D eigenvalue weighted by atomic mass is 9.84. The molecule has 2 aliphatic heterocycles. The maximum Gasteiger partial charge on any atom is 0.255 e. The van der Waals surface area contributed by atoms with Crippen molar-refractivity contribution in [1.29, 1.82) is 0 Å². The van der Waals surface area contributed by atoms with Gasteiger partial charge in [0.25, 0.3) is 5.91 Å². The van der Waals surface area contributed by atoms with Gasteiger partial charge < -0.3 is 9.80 Å².